The molecule has 0 bridgehead atoms. The molecule has 8 nitrogen and oxygen atoms in total. The summed E-state index contributed by atoms with van der Waals surface area (Å²) in [6.07, 6.45) is 4.46. The summed E-state index contributed by atoms with van der Waals surface area (Å²) in [5, 5.41) is 4.24. The smallest absolute Gasteiger partial charge is 0.330 e. The van der Waals surface area contributed by atoms with Gasteiger partial charge in [-0.1, -0.05) is 34.6 Å². The lowest BCUT2D eigenvalue weighted by molar-refractivity contribution is -0.134. The first-order valence-corrected chi connectivity index (χ1v) is 10.9. The van der Waals surface area contributed by atoms with Crippen molar-refractivity contribution in [3.63, 3.8) is 0 Å². The van der Waals surface area contributed by atoms with E-state index in [-0.39, 0.29) is 17.6 Å². The highest BCUT2D eigenvalue weighted by Crippen LogP contribution is 2.34. The molecule has 0 unspecified atom stereocenters. The third-order valence-corrected chi connectivity index (χ3v) is 5.42. The molecule has 0 saturated heterocycles. The highest BCUT2D eigenvalue weighted by atomic mass is 19.1. The number of hydrogen-bond donors (Lipinski definition) is 0. The molecule has 0 saturated carbocycles. The van der Waals surface area contributed by atoms with Crippen LogP contribution in [0.1, 0.15) is 56.6 Å². The molecule has 0 N–H and O–H groups in total. The number of benzene rings is 1. The van der Waals surface area contributed by atoms with Crippen molar-refractivity contribution in [1.82, 2.24) is 24.3 Å². The van der Waals surface area contributed by atoms with Gasteiger partial charge in [0, 0.05) is 28.4 Å². The molecule has 34 heavy (non-hydrogen) atoms. The SMILES string of the molecule is COC(=O)/C=C/c1c(C(C)C)n(-c2ccc(F)cc2)c2nc3cnn(C(=O)C(C)(C)C)c3nc12. The number of methoxy groups -OCH3 is 1. The summed E-state index contributed by atoms with van der Waals surface area (Å²) in [5.74, 6) is -1.09. The van der Waals surface area contributed by atoms with Crippen molar-refractivity contribution in [3.8, 4) is 5.69 Å². The van der Waals surface area contributed by atoms with E-state index in [4.69, 9.17) is 14.7 Å². The van der Waals surface area contributed by atoms with Gasteiger partial charge in [0.2, 0.25) is 0 Å². The maximum Gasteiger partial charge on any atom is 0.330 e. The lowest BCUT2D eigenvalue weighted by Gasteiger charge is -2.16. The summed E-state index contributed by atoms with van der Waals surface area (Å²) >= 11 is 0. The van der Waals surface area contributed by atoms with Crippen molar-refractivity contribution in [1.29, 1.82) is 0 Å². The van der Waals surface area contributed by atoms with E-state index in [1.807, 2.05) is 18.4 Å². The van der Waals surface area contributed by atoms with Crippen LogP contribution in [0, 0.1) is 11.2 Å². The summed E-state index contributed by atoms with van der Waals surface area (Å²) in [4.78, 5) is 34.5. The lowest BCUT2D eigenvalue weighted by atomic mass is 9.96. The molecule has 0 fully saturated rings. The number of rotatable bonds is 4. The van der Waals surface area contributed by atoms with Crippen molar-refractivity contribution < 1.29 is 18.7 Å². The molecule has 0 spiro atoms. The van der Waals surface area contributed by atoms with Gasteiger partial charge >= 0.3 is 5.97 Å². The topological polar surface area (TPSA) is 91.9 Å². The van der Waals surface area contributed by atoms with Gasteiger partial charge in [0.25, 0.3) is 5.91 Å². The van der Waals surface area contributed by atoms with E-state index in [0.717, 1.165) is 5.69 Å². The molecule has 0 aliphatic heterocycles. The fraction of sp³-hybridized carbons (Fsp3) is 0.320. The van der Waals surface area contributed by atoms with Crippen LogP contribution in [0.2, 0.25) is 0 Å². The number of fused-ring (bicyclic) bond motifs is 2. The molecule has 0 atom stereocenters. The highest BCUT2D eigenvalue weighted by molar-refractivity contribution is 5.98. The quantitative estimate of drug-likeness (QED) is 0.316. The first-order chi connectivity index (χ1) is 16.0. The minimum absolute atomic E-state index is 0.00540. The van der Waals surface area contributed by atoms with E-state index < -0.39 is 11.4 Å². The molecule has 9 heteroatoms. The van der Waals surface area contributed by atoms with E-state index >= 15 is 0 Å². The van der Waals surface area contributed by atoms with Gasteiger partial charge in [-0.05, 0) is 36.3 Å². The normalized spacial score (nSPS) is 12.4. The third kappa shape index (κ3) is 3.98. The Balaban J connectivity index is 2.11. The Labute approximate surface area is 196 Å². The van der Waals surface area contributed by atoms with Crippen LogP contribution in [0.5, 0.6) is 0 Å². The zero-order chi connectivity index (χ0) is 24.8. The van der Waals surface area contributed by atoms with Crippen LogP contribution in [0.4, 0.5) is 4.39 Å². The molecule has 4 rings (SSSR count). The molecular formula is C25H26FN5O3. The van der Waals surface area contributed by atoms with Gasteiger partial charge in [-0.25, -0.2) is 19.2 Å². The number of hydrogen-bond acceptors (Lipinski definition) is 6. The predicted octanol–water partition coefficient (Wildman–Crippen LogP) is 4.91. The second kappa shape index (κ2) is 8.48. The van der Waals surface area contributed by atoms with E-state index in [1.165, 1.54) is 36.2 Å². The van der Waals surface area contributed by atoms with Gasteiger partial charge in [-0.3, -0.25) is 9.36 Å². The lowest BCUT2D eigenvalue weighted by Crippen LogP contribution is -2.27. The van der Waals surface area contributed by atoms with Gasteiger partial charge in [0.15, 0.2) is 11.3 Å². The Hall–Kier alpha value is -3.88. The van der Waals surface area contributed by atoms with E-state index in [0.29, 0.717) is 33.6 Å². The fourth-order valence-electron chi connectivity index (χ4n) is 3.80. The van der Waals surface area contributed by atoms with Crippen molar-refractivity contribution >= 4 is 40.3 Å². The third-order valence-electron chi connectivity index (χ3n) is 5.42. The molecule has 1 aromatic carbocycles. The summed E-state index contributed by atoms with van der Waals surface area (Å²) in [6.45, 7) is 9.44. The fourth-order valence-corrected chi connectivity index (χ4v) is 3.80. The Morgan fingerprint density at radius 3 is 2.35 bits per heavy atom. The number of esters is 1. The van der Waals surface area contributed by atoms with Crippen LogP contribution in [-0.2, 0) is 9.53 Å². The van der Waals surface area contributed by atoms with E-state index in [1.54, 1.807) is 39.0 Å². The number of halogens is 1. The molecule has 3 aromatic heterocycles. The van der Waals surface area contributed by atoms with Crippen molar-refractivity contribution in [2.45, 2.75) is 40.5 Å². The summed E-state index contributed by atoms with van der Waals surface area (Å²) < 4.78 is 21.6. The van der Waals surface area contributed by atoms with Crippen LogP contribution < -0.4 is 0 Å². The van der Waals surface area contributed by atoms with Crippen LogP contribution in [-0.4, -0.2) is 43.3 Å². The zero-order valence-corrected chi connectivity index (χ0v) is 20.0. The molecule has 0 aliphatic rings. The molecule has 176 valence electrons. The maximum atomic E-state index is 13.7. The monoisotopic (exact) mass is 463 g/mol. The van der Waals surface area contributed by atoms with Crippen molar-refractivity contribution in [2.24, 2.45) is 5.41 Å². The summed E-state index contributed by atoms with van der Waals surface area (Å²) in [6, 6.07) is 6.07. The second-order valence-corrected chi connectivity index (χ2v) is 9.34. The van der Waals surface area contributed by atoms with Crippen LogP contribution in [0.25, 0.3) is 34.1 Å². The number of nitrogens with zero attached hydrogens (tertiary/aromatic N) is 5. The first-order valence-electron chi connectivity index (χ1n) is 10.9. The Bertz CT molecular complexity index is 1440. The van der Waals surface area contributed by atoms with E-state index in [2.05, 4.69) is 5.10 Å². The number of carbonyl (C=O) groups excluding carboxylic acids is 2. The van der Waals surface area contributed by atoms with Crippen molar-refractivity contribution in [3.05, 3.63) is 53.6 Å². The summed E-state index contributed by atoms with van der Waals surface area (Å²) in [7, 11) is 1.30. The Morgan fingerprint density at radius 2 is 1.76 bits per heavy atom. The van der Waals surface area contributed by atoms with Crippen LogP contribution in [0.15, 0.2) is 36.5 Å². The first kappa shape index (κ1) is 23.3. The van der Waals surface area contributed by atoms with Crippen molar-refractivity contribution in [2.75, 3.05) is 7.11 Å². The van der Waals surface area contributed by atoms with Crippen LogP contribution >= 0.6 is 0 Å². The minimum atomic E-state index is -0.674. The molecule has 0 aliphatic carbocycles. The highest BCUT2D eigenvalue weighted by Gasteiger charge is 2.28. The largest absolute Gasteiger partial charge is 0.466 e. The molecular weight excluding hydrogens is 437 g/mol. The van der Waals surface area contributed by atoms with Crippen LogP contribution in [0.3, 0.4) is 0 Å². The summed E-state index contributed by atoms with van der Waals surface area (Å²) in [5.41, 5.74) is 3.28. The minimum Gasteiger partial charge on any atom is -0.466 e. The zero-order valence-electron chi connectivity index (χ0n) is 20.0. The standard InChI is InChI=1S/C25H26FN5O3/c1-14(2)21-17(11-12-19(32)34-6)20-23(30(21)16-9-7-15(26)8-10-16)28-18-13-27-31(22(18)29-20)24(33)25(3,4)5/h7-14H,1-6H3/b12-11+. The van der Waals surface area contributed by atoms with Gasteiger partial charge in [0.05, 0.1) is 13.3 Å². The van der Waals surface area contributed by atoms with E-state index in [9.17, 15) is 14.0 Å². The number of aromatic nitrogens is 5. The second-order valence-electron chi connectivity index (χ2n) is 9.34. The molecule has 0 amide bonds. The average Bonchev–Trinajstić information content (AvgIpc) is 3.33. The van der Waals surface area contributed by atoms with Gasteiger partial charge in [-0.2, -0.15) is 9.78 Å². The van der Waals surface area contributed by atoms with Gasteiger partial charge in [0.1, 0.15) is 16.9 Å². The molecule has 4 aromatic rings. The number of carbonyl (C=O) groups is 2. The molecule has 0 radical (unpaired) electrons. The Morgan fingerprint density at radius 1 is 1.09 bits per heavy atom. The predicted molar refractivity (Wildman–Crippen MR) is 127 cm³/mol. The average molecular weight is 464 g/mol. The number of ether oxygens (including phenoxy) is 1. The van der Waals surface area contributed by atoms with Gasteiger partial charge < -0.3 is 4.74 Å². The molecule has 3 heterocycles. The maximum absolute atomic E-state index is 13.7. The Kier molecular flexibility index (Phi) is 5.80. The van der Waals surface area contributed by atoms with Gasteiger partial charge in [-0.15, -0.1) is 0 Å².